The van der Waals surface area contributed by atoms with E-state index in [1.54, 1.807) is 12.4 Å². The molecule has 0 radical (unpaired) electrons. The van der Waals surface area contributed by atoms with E-state index in [1.807, 2.05) is 18.2 Å². The number of alkyl halides is 1. The van der Waals surface area contributed by atoms with Crippen LogP contribution >= 0.6 is 62.5 Å². The van der Waals surface area contributed by atoms with Gasteiger partial charge in [-0.05, 0) is 19.1 Å². The van der Waals surface area contributed by atoms with Gasteiger partial charge >= 0.3 is 0 Å². The first-order valence-corrected chi connectivity index (χ1v) is 3.71. The predicted octanol–water partition coefficient (Wildman–Crippen LogP) is 3.63. The summed E-state index contributed by atoms with van der Waals surface area (Å²) in [5.41, 5.74) is 0. The molecule has 1 rings (SSSR count). The Balaban J connectivity index is -0.0000000597. The lowest BCUT2D eigenvalue weighted by Crippen LogP contribution is -1.86. The Kier molecular flexibility index (Phi) is 32.9. The van der Waals surface area contributed by atoms with Crippen molar-refractivity contribution in [2.24, 2.45) is 0 Å². The Bertz CT molecular complexity index is 172. The second-order valence-corrected chi connectivity index (χ2v) is 2.13. The molecule has 0 N–H and O–H groups in total. The number of halogens is 4. The number of hydrogen-bond donors (Lipinski definition) is 0. The third kappa shape index (κ3) is 22.9. The van der Waals surface area contributed by atoms with Crippen LogP contribution in [-0.4, -0.2) is 16.6 Å². The lowest BCUT2D eigenvalue weighted by Gasteiger charge is -1.70. The number of aromatic nitrogens is 1. The van der Waals surface area contributed by atoms with E-state index in [1.165, 1.54) is 6.92 Å². The van der Waals surface area contributed by atoms with E-state index >= 15 is 0 Å². The zero-order valence-corrected chi connectivity index (χ0v) is 13.4. The van der Waals surface area contributed by atoms with E-state index in [2.05, 4.69) is 4.98 Å². The average Bonchev–Trinajstić information content (AvgIpc) is 2.09. The van der Waals surface area contributed by atoms with Gasteiger partial charge in [0.25, 0.3) is 0 Å². The number of nitrogens with zero attached hydrogens (tertiary/aromatic N) is 1. The number of carbonyl (C=O) groups is 1. The summed E-state index contributed by atoms with van der Waals surface area (Å²) in [6.45, 7) is 1.45. The topological polar surface area (TPSA) is 30.0 Å². The number of rotatable bonds is 1. The molecule has 0 aliphatic carbocycles. The molecule has 6 heteroatoms. The Morgan fingerprint density at radius 1 is 1.14 bits per heavy atom. The summed E-state index contributed by atoms with van der Waals surface area (Å²) in [5, 5.41) is 0. The third-order valence-corrected chi connectivity index (χ3v) is 1.13. The van der Waals surface area contributed by atoms with Gasteiger partial charge < -0.3 is 0 Å². The van der Waals surface area contributed by atoms with Gasteiger partial charge in [0.1, 0.15) is 5.78 Å². The van der Waals surface area contributed by atoms with E-state index in [9.17, 15) is 4.79 Å². The lowest BCUT2D eigenvalue weighted by atomic mass is 10.5. The van der Waals surface area contributed by atoms with Crippen LogP contribution in [0.4, 0.5) is 0 Å². The summed E-state index contributed by atoms with van der Waals surface area (Å²) in [5.74, 6) is 0.159. The molecule has 1 heterocycles. The largest absolute Gasteiger partial charge is 0.299 e. The van der Waals surface area contributed by atoms with Crippen LogP contribution in [0.1, 0.15) is 6.92 Å². The van der Waals surface area contributed by atoms with E-state index < -0.39 is 0 Å². The third-order valence-electron chi connectivity index (χ3n) is 0.755. The van der Waals surface area contributed by atoms with Crippen molar-refractivity contribution >= 4 is 68.3 Å². The molecule has 14 heavy (non-hydrogen) atoms. The number of Topliss-reactive ketones (excluding diaryl/α,β-unsaturated/α-hetero) is 1. The van der Waals surface area contributed by atoms with Crippen molar-refractivity contribution in [3.05, 3.63) is 30.6 Å². The standard InChI is InChI=1S/C5H5N.C3H5ClO.3BrH/c1-2-4-6-5-3-1;1-3(5)2-4;;;/h1-5H;2H2,1H3;3*1H. The maximum Gasteiger partial charge on any atom is 0.144 e. The molecule has 84 valence electrons. The van der Waals surface area contributed by atoms with Gasteiger partial charge in [-0.15, -0.1) is 62.5 Å². The second kappa shape index (κ2) is 19.2. The fraction of sp³-hybridized carbons (Fsp3) is 0.250. The van der Waals surface area contributed by atoms with Crippen LogP contribution in [0.25, 0.3) is 0 Å². The molecule has 0 fully saturated rings. The normalized spacial score (nSPS) is 6.14. The van der Waals surface area contributed by atoms with Gasteiger partial charge in [-0.3, -0.25) is 9.78 Å². The highest BCUT2D eigenvalue weighted by atomic mass is 79.9. The number of hydrogen-bond acceptors (Lipinski definition) is 2. The smallest absolute Gasteiger partial charge is 0.144 e. The molecule has 0 aliphatic rings. The molecule has 0 saturated carbocycles. The molecule has 2 nitrogen and oxygen atoms in total. The van der Waals surface area contributed by atoms with Gasteiger partial charge in [0, 0.05) is 12.4 Å². The SMILES string of the molecule is Br.Br.Br.CC(=O)CCl.c1ccncc1. The first-order valence-electron chi connectivity index (χ1n) is 3.17. The van der Waals surface area contributed by atoms with Crippen molar-refractivity contribution in [2.75, 3.05) is 5.88 Å². The fourth-order valence-electron chi connectivity index (χ4n) is 0.313. The molecule has 0 aromatic carbocycles. The summed E-state index contributed by atoms with van der Waals surface area (Å²) in [6, 6.07) is 5.72. The zero-order chi connectivity index (χ0) is 8.53. The van der Waals surface area contributed by atoms with Crippen molar-refractivity contribution < 1.29 is 4.79 Å². The highest BCUT2D eigenvalue weighted by Crippen LogP contribution is 1.73. The Labute approximate surface area is 121 Å². The van der Waals surface area contributed by atoms with Gasteiger partial charge in [0.05, 0.1) is 5.88 Å². The van der Waals surface area contributed by atoms with Crippen molar-refractivity contribution in [3.8, 4) is 0 Å². The van der Waals surface area contributed by atoms with Gasteiger partial charge in [0.2, 0.25) is 0 Å². The lowest BCUT2D eigenvalue weighted by molar-refractivity contribution is -0.114. The summed E-state index contributed by atoms with van der Waals surface area (Å²) in [7, 11) is 0. The molecule has 0 spiro atoms. The highest BCUT2D eigenvalue weighted by Gasteiger charge is 1.79. The van der Waals surface area contributed by atoms with Crippen LogP contribution in [0.5, 0.6) is 0 Å². The van der Waals surface area contributed by atoms with Crippen molar-refractivity contribution in [3.63, 3.8) is 0 Å². The van der Waals surface area contributed by atoms with Gasteiger partial charge in [-0.25, -0.2) is 0 Å². The van der Waals surface area contributed by atoms with Crippen LogP contribution in [0, 0.1) is 0 Å². The fourth-order valence-corrected chi connectivity index (χ4v) is 0.313. The van der Waals surface area contributed by atoms with E-state index in [4.69, 9.17) is 11.6 Å². The first kappa shape index (κ1) is 24.0. The highest BCUT2D eigenvalue weighted by molar-refractivity contribution is 8.93. The summed E-state index contributed by atoms with van der Waals surface area (Å²) in [4.78, 5) is 13.5. The minimum atomic E-state index is 0. The van der Waals surface area contributed by atoms with Crippen LogP contribution in [-0.2, 0) is 4.79 Å². The maximum absolute atomic E-state index is 9.68. The summed E-state index contributed by atoms with van der Waals surface area (Å²) in [6.07, 6.45) is 3.50. The van der Waals surface area contributed by atoms with Gasteiger partial charge in [0.15, 0.2) is 0 Å². The summed E-state index contributed by atoms with van der Waals surface area (Å²) < 4.78 is 0. The molecule has 0 unspecified atom stereocenters. The minimum Gasteiger partial charge on any atom is -0.299 e. The van der Waals surface area contributed by atoms with Crippen LogP contribution in [0.2, 0.25) is 0 Å². The molecule has 1 aromatic rings. The molecule has 0 atom stereocenters. The molecular formula is C8H13Br3ClNO. The van der Waals surface area contributed by atoms with Gasteiger partial charge in [-0.2, -0.15) is 0 Å². The van der Waals surface area contributed by atoms with Gasteiger partial charge in [-0.1, -0.05) is 6.07 Å². The number of ketones is 1. The molecule has 1 aromatic heterocycles. The van der Waals surface area contributed by atoms with E-state index in [-0.39, 0.29) is 62.6 Å². The van der Waals surface area contributed by atoms with Crippen LogP contribution in [0.3, 0.4) is 0 Å². The molecule has 0 saturated heterocycles. The monoisotopic (exact) mass is 411 g/mol. The average molecular weight is 414 g/mol. The molecule has 0 bridgehead atoms. The van der Waals surface area contributed by atoms with Crippen molar-refractivity contribution in [1.82, 2.24) is 4.98 Å². The molecular weight excluding hydrogens is 401 g/mol. The predicted molar refractivity (Wildman–Crippen MR) is 76.6 cm³/mol. The number of pyridine rings is 1. The maximum atomic E-state index is 9.68. The quantitative estimate of drug-likeness (QED) is 0.657. The number of carbonyl (C=O) groups excluding carboxylic acids is 1. The van der Waals surface area contributed by atoms with Crippen molar-refractivity contribution in [1.29, 1.82) is 0 Å². The minimum absolute atomic E-state index is 0. The molecule has 0 aliphatic heterocycles. The van der Waals surface area contributed by atoms with Crippen LogP contribution in [0.15, 0.2) is 30.6 Å². The van der Waals surface area contributed by atoms with Crippen LogP contribution < -0.4 is 0 Å². The van der Waals surface area contributed by atoms with E-state index in [0.717, 1.165) is 0 Å². The Hall–Kier alpha value is 0.550. The zero-order valence-electron chi connectivity index (χ0n) is 7.55. The van der Waals surface area contributed by atoms with E-state index in [0.29, 0.717) is 0 Å². The van der Waals surface area contributed by atoms with Crippen molar-refractivity contribution in [2.45, 2.75) is 6.92 Å². The second-order valence-electron chi connectivity index (χ2n) is 1.86. The first-order chi connectivity index (χ1) is 5.27. The molecule has 0 amide bonds. The summed E-state index contributed by atoms with van der Waals surface area (Å²) >= 11 is 4.99. The Morgan fingerprint density at radius 3 is 1.57 bits per heavy atom. The Morgan fingerprint density at radius 2 is 1.50 bits per heavy atom.